The van der Waals surface area contributed by atoms with Gasteiger partial charge in [0, 0.05) is 0 Å². The number of hydrogen-bond acceptors (Lipinski definition) is 9. The monoisotopic (exact) mass is 884 g/mol. The van der Waals surface area contributed by atoms with Gasteiger partial charge in [0.2, 0.25) is 5.91 Å². The van der Waals surface area contributed by atoms with E-state index in [-0.39, 0.29) is 6.61 Å². The van der Waals surface area contributed by atoms with Crippen LogP contribution in [0, 0.1) is 0 Å². The molecule has 1 aliphatic heterocycles. The van der Waals surface area contributed by atoms with Crippen molar-refractivity contribution in [3.05, 3.63) is 12.2 Å². The first kappa shape index (κ1) is 58.9. The van der Waals surface area contributed by atoms with Gasteiger partial charge in [-0.25, -0.2) is 0 Å². The first-order chi connectivity index (χ1) is 30.3. The second kappa shape index (κ2) is 42.5. The summed E-state index contributed by atoms with van der Waals surface area (Å²) < 4.78 is 11.2. The van der Waals surface area contributed by atoms with Crippen LogP contribution in [-0.4, -0.2) is 98.7 Å². The highest BCUT2D eigenvalue weighted by Gasteiger charge is 2.44. The number of unbranched alkanes of at least 4 members (excludes halogenated alkanes) is 32. The lowest BCUT2D eigenvalue weighted by Crippen LogP contribution is -2.60. The summed E-state index contributed by atoms with van der Waals surface area (Å²) in [6.45, 7) is 3.69. The van der Waals surface area contributed by atoms with Crippen molar-refractivity contribution in [1.29, 1.82) is 0 Å². The summed E-state index contributed by atoms with van der Waals surface area (Å²) in [6.07, 6.45) is 39.7. The van der Waals surface area contributed by atoms with Crippen molar-refractivity contribution < 1.29 is 44.9 Å². The van der Waals surface area contributed by atoms with Gasteiger partial charge in [-0.1, -0.05) is 225 Å². The molecular weight excluding hydrogens is 783 g/mol. The molecule has 1 saturated heterocycles. The first-order valence-corrected chi connectivity index (χ1v) is 26.5. The molecule has 0 aromatic rings. The summed E-state index contributed by atoms with van der Waals surface area (Å²) in [5, 5.41) is 65.1. The zero-order chi connectivity index (χ0) is 45.3. The maximum absolute atomic E-state index is 13.1. The average molecular weight is 884 g/mol. The molecule has 1 fully saturated rings. The first-order valence-electron chi connectivity index (χ1n) is 26.5. The molecule has 7 N–H and O–H groups in total. The Morgan fingerprint density at radius 2 is 0.903 bits per heavy atom. The number of aliphatic hydroxyl groups excluding tert-OH is 6. The minimum atomic E-state index is -1.60. The number of allylic oxidation sites excluding steroid dienone is 2. The summed E-state index contributed by atoms with van der Waals surface area (Å²) in [5.41, 5.74) is 0. The third-order valence-electron chi connectivity index (χ3n) is 13.0. The largest absolute Gasteiger partial charge is 0.394 e. The van der Waals surface area contributed by atoms with Crippen molar-refractivity contribution in [2.75, 3.05) is 13.2 Å². The average Bonchev–Trinajstić information content (AvgIpc) is 3.27. The molecule has 8 atom stereocenters. The summed E-state index contributed by atoms with van der Waals surface area (Å²) in [4.78, 5) is 13.1. The summed E-state index contributed by atoms with van der Waals surface area (Å²) >= 11 is 0. The molecule has 1 aliphatic rings. The second-order valence-electron chi connectivity index (χ2n) is 18.8. The SMILES string of the molecule is CCCCCCCCCCCCC/C=C\CCCCCCCCC(O)C(=O)NC(COC1OC(CO)C(O)C(O)C1O)C(O)CCCCCCCCCCCCCCCCCC. The number of amides is 1. The van der Waals surface area contributed by atoms with E-state index in [0.717, 1.165) is 57.8 Å². The Bertz CT molecular complexity index is 999. The van der Waals surface area contributed by atoms with Crippen LogP contribution in [0.5, 0.6) is 0 Å². The lowest BCUT2D eigenvalue weighted by atomic mass is 9.99. The number of hydrogen-bond donors (Lipinski definition) is 7. The van der Waals surface area contributed by atoms with Crippen LogP contribution in [0.15, 0.2) is 12.2 Å². The van der Waals surface area contributed by atoms with Crippen molar-refractivity contribution in [2.45, 2.75) is 300 Å². The lowest BCUT2D eigenvalue weighted by molar-refractivity contribution is -0.302. The van der Waals surface area contributed by atoms with Gasteiger partial charge < -0.3 is 45.4 Å². The molecule has 368 valence electrons. The van der Waals surface area contributed by atoms with E-state index < -0.39 is 61.5 Å². The van der Waals surface area contributed by atoms with Gasteiger partial charge in [-0.05, 0) is 38.5 Å². The molecule has 8 unspecified atom stereocenters. The summed E-state index contributed by atoms with van der Waals surface area (Å²) in [5.74, 6) is -0.585. The van der Waals surface area contributed by atoms with E-state index in [1.807, 2.05) is 0 Å². The molecule has 10 heteroatoms. The number of carbonyl (C=O) groups excluding carboxylic acids is 1. The number of ether oxygens (including phenoxy) is 2. The van der Waals surface area contributed by atoms with Crippen LogP contribution in [-0.2, 0) is 14.3 Å². The van der Waals surface area contributed by atoms with E-state index in [9.17, 15) is 35.4 Å². The highest BCUT2D eigenvalue weighted by molar-refractivity contribution is 5.80. The Labute approximate surface area is 380 Å². The second-order valence-corrected chi connectivity index (χ2v) is 18.8. The van der Waals surface area contributed by atoms with Gasteiger partial charge in [-0.2, -0.15) is 0 Å². The molecule has 0 radical (unpaired) electrons. The molecule has 0 bridgehead atoms. The summed E-state index contributed by atoms with van der Waals surface area (Å²) in [7, 11) is 0. The number of carbonyl (C=O) groups is 1. The van der Waals surface area contributed by atoms with Crippen molar-refractivity contribution >= 4 is 5.91 Å². The van der Waals surface area contributed by atoms with Crippen LogP contribution in [0.1, 0.15) is 251 Å². The van der Waals surface area contributed by atoms with Gasteiger partial charge in [0.25, 0.3) is 0 Å². The Balaban J connectivity index is 2.30. The maximum atomic E-state index is 13.1. The Morgan fingerprint density at radius 1 is 0.532 bits per heavy atom. The zero-order valence-electron chi connectivity index (χ0n) is 40.3. The van der Waals surface area contributed by atoms with Crippen molar-refractivity contribution in [3.63, 3.8) is 0 Å². The van der Waals surface area contributed by atoms with Crippen LogP contribution < -0.4 is 5.32 Å². The molecule has 1 heterocycles. The molecule has 0 aromatic heterocycles. The van der Waals surface area contributed by atoms with Crippen molar-refractivity contribution in [1.82, 2.24) is 5.32 Å². The fraction of sp³-hybridized carbons (Fsp3) is 0.942. The van der Waals surface area contributed by atoms with E-state index in [4.69, 9.17) is 9.47 Å². The molecule has 0 aliphatic carbocycles. The molecule has 0 saturated carbocycles. The van der Waals surface area contributed by atoms with Crippen LogP contribution in [0.25, 0.3) is 0 Å². The standard InChI is InChI=1S/C52H101NO9/c1-3-5-7-9-11-13-15-17-19-21-22-23-24-25-27-29-31-33-35-37-39-41-46(56)51(60)53-44(43-61-52-50(59)49(58)48(57)47(42-54)62-52)45(55)40-38-36-34-32-30-28-26-20-18-16-14-12-10-8-6-4-2/h24-25,44-50,52,54-59H,3-23,26-43H2,1-2H3,(H,53,60)/b25-24-. The number of rotatable bonds is 45. The smallest absolute Gasteiger partial charge is 0.249 e. The van der Waals surface area contributed by atoms with Gasteiger partial charge in [0.05, 0.1) is 25.4 Å². The number of aliphatic hydroxyl groups is 6. The van der Waals surface area contributed by atoms with Crippen LogP contribution in [0.3, 0.4) is 0 Å². The maximum Gasteiger partial charge on any atom is 0.249 e. The fourth-order valence-corrected chi connectivity index (χ4v) is 8.63. The molecular formula is C52H101NO9. The van der Waals surface area contributed by atoms with Crippen molar-refractivity contribution in [2.24, 2.45) is 0 Å². The lowest BCUT2D eigenvalue weighted by Gasteiger charge is -2.40. The zero-order valence-corrected chi connectivity index (χ0v) is 40.3. The summed E-state index contributed by atoms with van der Waals surface area (Å²) in [6, 6.07) is -0.894. The normalized spacial score (nSPS) is 20.8. The minimum Gasteiger partial charge on any atom is -0.394 e. The molecule has 0 aromatic carbocycles. The van der Waals surface area contributed by atoms with Gasteiger partial charge >= 0.3 is 0 Å². The van der Waals surface area contributed by atoms with E-state index >= 15 is 0 Å². The Kier molecular flexibility index (Phi) is 40.4. The van der Waals surface area contributed by atoms with E-state index in [2.05, 4.69) is 31.3 Å². The molecule has 62 heavy (non-hydrogen) atoms. The molecule has 0 spiro atoms. The Hall–Kier alpha value is -1.11. The highest BCUT2D eigenvalue weighted by Crippen LogP contribution is 2.23. The van der Waals surface area contributed by atoms with Gasteiger partial charge in [0.15, 0.2) is 6.29 Å². The van der Waals surface area contributed by atoms with Gasteiger partial charge in [-0.15, -0.1) is 0 Å². The third-order valence-corrected chi connectivity index (χ3v) is 13.0. The van der Waals surface area contributed by atoms with Gasteiger partial charge in [-0.3, -0.25) is 4.79 Å². The minimum absolute atomic E-state index is 0.254. The highest BCUT2D eigenvalue weighted by atomic mass is 16.7. The van der Waals surface area contributed by atoms with Gasteiger partial charge in [0.1, 0.15) is 30.5 Å². The van der Waals surface area contributed by atoms with Crippen LogP contribution >= 0.6 is 0 Å². The topological polar surface area (TPSA) is 169 Å². The van der Waals surface area contributed by atoms with Crippen LogP contribution in [0.4, 0.5) is 0 Å². The Morgan fingerprint density at radius 3 is 1.31 bits per heavy atom. The van der Waals surface area contributed by atoms with E-state index in [1.165, 1.54) is 167 Å². The quantitative estimate of drug-likeness (QED) is 0.0232. The molecule has 1 amide bonds. The predicted octanol–water partition coefficient (Wildman–Crippen LogP) is 11.0. The fourth-order valence-electron chi connectivity index (χ4n) is 8.63. The molecule has 1 rings (SSSR count). The predicted molar refractivity (Wildman–Crippen MR) is 255 cm³/mol. The van der Waals surface area contributed by atoms with Crippen molar-refractivity contribution in [3.8, 4) is 0 Å². The van der Waals surface area contributed by atoms with Crippen LogP contribution in [0.2, 0.25) is 0 Å². The van der Waals surface area contributed by atoms with E-state index in [1.54, 1.807) is 0 Å². The number of nitrogens with one attached hydrogen (secondary N) is 1. The van der Waals surface area contributed by atoms with E-state index in [0.29, 0.717) is 12.8 Å². The third kappa shape index (κ3) is 31.7. The molecule has 10 nitrogen and oxygen atoms in total.